The minimum atomic E-state index is -1.63. The van der Waals surface area contributed by atoms with Gasteiger partial charge in [0.1, 0.15) is 13.2 Å². The van der Waals surface area contributed by atoms with E-state index in [1.807, 2.05) is 21.1 Å². The van der Waals surface area contributed by atoms with Gasteiger partial charge in [-0.1, -0.05) is 372 Å². The van der Waals surface area contributed by atoms with Crippen molar-refractivity contribution >= 4 is 17.9 Å². The van der Waals surface area contributed by atoms with Crippen LogP contribution in [0.2, 0.25) is 0 Å². The second-order valence-corrected chi connectivity index (χ2v) is 29.0. The number of ether oxygens (including phenoxy) is 4. The maximum absolute atomic E-state index is 13.0. The lowest BCUT2D eigenvalue weighted by Gasteiger charge is -2.26. The first kappa shape index (κ1) is 96.2. The zero-order chi connectivity index (χ0) is 73.2. The van der Waals surface area contributed by atoms with Crippen LogP contribution in [0.25, 0.3) is 0 Å². The molecule has 0 spiro atoms. The molecule has 0 aromatic carbocycles. The molecule has 0 aromatic rings. The highest BCUT2D eigenvalue weighted by molar-refractivity contribution is 5.70. The largest absolute Gasteiger partial charge is 0.545 e. The molecule has 9 heteroatoms. The number of allylic oxidation sites excluding steroid dienone is 24. The van der Waals surface area contributed by atoms with Crippen LogP contribution in [0.3, 0.4) is 0 Å². The first-order chi connectivity index (χ1) is 49.6. The number of nitrogens with zero attached hydrogens (tertiary/aromatic N) is 1. The van der Waals surface area contributed by atoms with Gasteiger partial charge in [-0.15, -0.1) is 0 Å². The Bertz CT molecular complexity index is 2180. The van der Waals surface area contributed by atoms with Crippen molar-refractivity contribution in [3.8, 4) is 0 Å². The number of esters is 2. The van der Waals surface area contributed by atoms with Gasteiger partial charge in [0, 0.05) is 12.8 Å². The van der Waals surface area contributed by atoms with Crippen molar-refractivity contribution in [1.29, 1.82) is 0 Å². The van der Waals surface area contributed by atoms with Crippen molar-refractivity contribution in [2.75, 3.05) is 47.5 Å². The van der Waals surface area contributed by atoms with E-state index >= 15 is 0 Å². The van der Waals surface area contributed by atoms with Gasteiger partial charge in [0.25, 0.3) is 0 Å². The van der Waals surface area contributed by atoms with Crippen LogP contribution in [0, 0.1) is 0 Å². The van der Waals surface area contributed by atoms with E-state index in [-0.39, 0.29) is 38.6 Å². The molecule has 9 nitrogen and oxygen atoms in total. The number of quaternary nitrogens is 1. The third-order valence-electron chi connectivity index (χ3n) is 18.1. The Morgan fingerprint density at radius 3 is 0.851 bits per heavy atom. The summed E-state index contributed by atoms with van der Waals surface area (Å²) in [4.78, 5) is 37.6. The number of hydrogen-bond acceptors (Lipinski definition) is 8. The van der Waals surface area contributed by atoms with Gasteiger partial charge >= 0.3 is 11.9 Å². The summed E-state index contributed by atoms with van der Waals surface area (Å²) >= 11 is 0. The van der Waals surface area contributed by atoms with E-state index in [0.29, 0.717) is 17.4 Å². The Morgan fingerprint density at radius 1 is 0.307 bits per heavy atom. The van der Waals surface area contributed by atoms with E-state index in [9.17, 15) is 19.5 Å². The van der Waals surface area contributed by atoms with E-state index in [2.05, 4.69) is 160 Å². The molecule has 0 aliphatic heterocycles. The molecule has 0 bridgehead atoms. The van der Waals surface area contributed by atoms with Crippen LogP contribution in [0.4, 0.5) is 0 Å². The van der Waals surface area contributed by atoms with Crippen LogP contribution in [0.1, 0.15) is 361 Å². The van der Waals surface area contributed by atoms with Gasteiger partial charge in [-0.05, 0) is 122 Å². The quantitative estimate of drug-likeness (QED) is 0.0195. The highest BCUT2D eigenvalue weighted by Gasteiger charge is 2.22. The molecule has 2 unspecified atom stereocenters. The van der Waals surface area contributed by atoms with Crippen LogP contribution in [0.5, 0.6) is 0 Å². The van der Waals surface area contributed by atoms with Crippen LogP contribution >= 0.6 is 0 Å². The smallest absolute Gasteiger partial charge is 0.306 e. The summed E-state index contributed by atoms with van der Waals surface area (Å²) in [6.45, 7) is 4.65. The van der Waals surface area contributed by atoms with Crippen LogP contribution in [-0.4, -0.2) is 82.3 Å². The fourth-order valence-electron chi connectivity index (χ4n) is 11.7. The highest BCUT2D eigenvalue weighted by atomic mass is 16.7. The lowest BCUT2D eigenvalue weighted by Crippen LogP contribution is -2.44. The number of carboxylic acid groups (broad SMARTS) is 1. The molecule has 0 N–H and O–H groups in total. The molecule has 578 valence electrons. The van der Waals surface area contributed by atoms with Crippen molar-refractivity contribution in [3.05, 3.63) is 146 Å². The standard InChI is InChI=1S/C92H157NO8/c1-6-8-10-12-14-16-18-20-22-24-26-28-30-32-34-36-38-40-42-43-44-45-46-47-49-51-53-55-57-59-61-63-65-67-69-71-73-75-77-79-81-83-90(95)101-88(87-100-92(91(96)97)98-85-84-93(3,4)5)86-99-89(94)82-80-78-76-74-72-70-68-66-64-62-60-58-56-54-52-50-48-41-39-37-35-33-31-29-27-25-23-21-19-17-15-13-11-9-7-2/h8,10,14,16,20,22,25-28,32,34,38,40,43-44,46-47,51,53,57,59,63,65,88,92H,6-7,9,11-13,15,17-19,21,23-24,29-31,33,35-37,39,41-42,45,48-50,52,54-56,58,60-62,64,66-87H2,1-5H3/b10-8-,16-14-,22-20-,27-25-,28-26-,34-32-,40-38-,44-43-,47-46-,53-51-,59-57-,65-63-. The van der Waals surface area contributed by atoms with Crippen LogP contribution in [-0.2, 0) is 33.3 Å². The molecule has 0 aromatic heterocycles. The van der Waals surface area contributed by atoms with Crippen molar-refractivity contribution < 1.29 is 42.9 Å². The highest BCUT2D eigenvalue weighted by Crippen LogP contribution is 2.18. The number of likely N-dealkylation sites (N-methyl/N-ethyl adjacent to an activating group) is 1. The summed E-state index contributed by atoms with van der Waals surface area (Å²) in [5.41, 5.74) is 0. The topological polar surface area (TPSA) is 111 Å². The molecule has 0 amide bonds. The third-order valence-corrected chi connectivity index (χ3v) is 18.1. The van der Waals surface area contributed by atoms with Crippen LogP contribution < -0.4 is 5.11 Å². The molecule has 2 atom stereocenters. The Hall–Kier alpha value is -4.83. The van der Waals surface area contributed by atoms with Gasteiger partial charge in [-0.2, -0.15) is 0 Å². The number of unbranched alkanes of at least 4 members (excludes halogenated alkanes) is 38. The zero-order valence-corrected chi connectivity index (χ0v) is 66.2. The summed E-state index contributed by atoms with van der Waals surface area (Å²) in [5.74, 6) is -2.29. The van der Waals surface area contributed by atoms with E-state index in [0.717, 1.165) is 116 Å². The van der Waals surface area contributed by atoms with Crippen LogP contribution in [0.15, 0.2) is 146 Å². The van der Waals surface area contributed by atoms with Crippen molar-refractivity contribution in [2.24, 2.45) is 0 Å². The normalized spacial score (nSPS) is 13.4. The average molecular weight is 1410 g/mol. The number of rotatable bonds is 77. The number of hydrogen-bond donors (Lipinski definition) is 0. The minimum absolute atomic E-state index is 0.140. The molecule has 101 heavy (non-hydrogen) atoms. The van der Waals surface area contributed by atoms with Crippen molar-refractivity contribution in [3.63, 3.8) is 0 Å². The Morgan fingerprint density at radius 2 is 0.564 bits per heavy atom. The molecule has 0 rings (SSSR count). The lowest BCUT2D eigenvalue weighted by atomic mass is 10.0. The van der Waals surface area contributed by atoms with Gasteiger partial charge in [-0.25, -0.2) is 0 Å². The second kappa shape index (κ2) is 80.8. The summed E-state index contributed by atoms with van der Waals surface area (Å²) in [7, 11) is 5.93. The van der Waals surface area contributed by atoms with E-state index in [1.54, 1.807) is 0 Å². The third kappa shape index (κ3) is 82.3. The van der Waals surface area contributed by atoms with E-state index in [1.165, 1.54) is 212 Å². The summed E-state index contributed by atoms with van der Waals surface area (Å²) in [5, 5.41) is 11.9. The molecule has 0 saturated carbocycles. The van der Waals surface area contributed by atoms with Gasteiger partial charge in [0.05, 0.1) is 40.3 Å². The number of aliphatic carboxylic acids is 1. The molecular formula is C92H157NO8. The maximum atomic E-state index is 13.0. The number of carbonyl (C=O) groups excluding carboxylic acids is 3. The molecule has 0 aliphatic rings. The fourth-order valence-corrected chi connectivity index (χ4v) is 11.7. The molecular weight excluding hydrogens is 1250 g/mol. The van der Waals surface area contributed by atoms with Gasteiger partial charge in [0.2, 0.25) is 0 Å². The van der Waals surface area contributed by atoms with E-state index in [4.69, 9.17) is 18.9 Å². The summed E-state index contributed by atoms with van der Waals surface area (Å²) < 4.78 is 22.9. The summed E-state index contributed by atoms with van der Waals surface area (Å²) in [6.07, 6.45) is 116. The fraction of sp³-hybridized carbons (Fsp3) is 0.707. The molecule has 0 heterocycles. The Balaban J connectivity index is 4.08. The number of carbonyl (C=O) groups is 3. The summed E-state index contributed by atoms with van der Waals surface area (Å²) in [6, 6.07) is 0. The van der Waals surface area contributed by atoms with Gasteiger partial charge in [-0.3, -0.25) is 9.59 Å². The monoisotopic (exact) mass is 1400 g/mol. The van der Waals surface area contributed by atoms with Crippen molar-refractivity contribution in [2.45, 2.75) is 373 Å². The maximum Gasteiger partial charge on any atom is 0.306 e. The Kier molecular flexibility index (Phi) is 77.0. The van der Waals surface area contributed by atoms with Crippen molar-refractivity contribution in [1.82, 2.24) is 0 Å². The zero-order valence-electron chi connectivity index (χ0n) is 66.2. The minimum Gasteiger partial charge on any atom is -0.545 e. The van der Waals surface area contributed by atoms with Gasteiger partial charge in [0.15, 0.2) is 12.4 Å². The number of carboxylic acids is 1. The SMILES string of the molecule is CC/C=C\C/C=C\C/C=C\C/C=C\C/C=C\C/C=C\C/C=C\C/C=C\C/C=C\C/C=C\C/C=C\CCCCCCCCCC(=O)OC(COC(=O)CCCCCCCCCCCCCCCCCCCCCCCCC/C=C\CCCCCCCCCC)COC(OCC[N+](C)(C)C)C(=O)[O-]. The van der Waals surface area contributed by atoms with Gasteiger partial charge < -0.3 is 33.3 Å². The van der Waals surface area contributed by atoms with E-state index < -0.39 is 24.3 Å². The average Bonchev–Trinajstić information content (AvgIpc) is 1.21. The predicted octanol–water partition coefficient (Wildman–Crippen LogP) is 26.0. The molecule has 0 radical (unpaired) electrons. The molecule has 0 fully saturated rings. The first-order valence-corrected chi connectivity index (χ1v) is 42.0. The molecule has 0 aliphatic carbocycles. The first-order valence-electron chi connectivity index (χ1n) is 42.0. The lowest BCUT2D eigenvalue weighted by molar-refractivity contribution is -0.870. The Labute approximate surface area is 623 Å². The second-order valence-electron chi connectivity index (χ2n) is 29.0. The predicted molar refractivity (Wildman–Crippen MR) is 435 cm³/mol. The molecule has 0 saturated heterocycles.